The maximum Gasteiger partial charge on any atom is 0.191 e. The average molecular weight is 437 g/mol. The molecule has 2 rings (SSSR count). The van der Waals surface area contributed by atoms with E-state index in [0.717, 1.165) is 31.9 Å². The molecule has 23 heavy (non-hydrogen) atoms. The van der Waals surface area contributed by atoms with Crippen molar-refractivity contribution in [1.29, 1.82) is 0 Å². The van der Waals surface area contributed by atoms with Gasteiger partial charge in [-0.25, -0.2) is 4.99 Å². The Hall–Kier alpha value is -0.870. The molecule has 1 saturated heterocycles. The lowest BCUT2D eigenvalue weighted by Gasteiger charge is -2.38. The zero-order valence-electron chi connectivity index (χ0n) is 14.3. The molecule has 0 bridgehead atoms. The van der Waals surface area contributed by atoms with Gasteiger partial charge in [-0.2, -0.15) is 5.10 Å². The van der Waals surface area contributed by atoms with Gasteiger partial charge in [-0.15, -0.1) is 24.0 Å². The smallest absolute Gasteiger partial charge is 0.191 e. The van der Waals surface area contributed by atoms with E-state index in [9.17, 15) is 5.11 Å². The number of nitrogens with one attached hydrogen (secondary N) is 2. The lowest BCUT2D eigenvalue weighted by molar-refractivity contribution is -0.0971. The second kappa shape index (κ2) is 8.29. The van der Waals surface area contributed by atoms with Crippen molar-refractivity contribution in [2.24, 2.45) is 17.5 Å². The van der Waals surface area contributed by atoms with Crippen LogP contribution in [-0.2, 0) is 17.4 Å². The number of nitrogens with zero attached hydrogens (tertiary/aromatic N) is 3. The van der Waals surface area contributed by atoms with Gasteiger partial charge in [0.05, 0.1) is 26.0 Å². The summed E-state index contributed by atoms with van der Waals surface area (Å²) < 4.78 is 6.93. The van der Waals surface area contributed by atoms with Crippen molar-refractivity contribution in [3.63, 3.8) is 0 Å². The third kappa shape index (κ3) is 5.61. The van der Waals surface area contributed by atoms with Crippen molar-refractivity contribution in [1.82, 2.24) is 20.4 Å². The Labute approximate surface area is 154 Å². The maximum atomic E-state index is 10.6. The summed E-state index contributed by atoms with van der Waals surface area (Å²) in [6.45, 7) is 9.32. The Morgan fingerprint density at radius 2 is 2.22 bits per heavy atom. The second-order valence-electron chi connectivity index (χ2n) is 6.53. The van der Waals surface area contributed by atoms with Crippen LogP contribution in [0.1, 0.15) is 26.3 Å². The molecule has 0 radical (unpaired) electrons. The highest BCUT2D eigenvalue weighted by Gasteiger charge is 2.33. The molecule has 0 amide bonds. The molecule has 1 atom stereocenters. The zero-order chi connectivity index (χ0) is 16.2. The fourth-order valence-corrected chi connectivity index (χ4v) is 2.22. The minimum absolute atomic E-state index is 0. The van der Waals surface area contributed by atoms with Crippen molar-refractivity contribution in [2.45, 2.75) is 26.4 Å². The molecular formula is C15H28IN5O2. The van der Waals surface area contributed by atoms with Crippen LogP contribution >= 0.6 is 24.0 Å². The Morgan fingerprint density at radius 3 is 2.70 bits per heavy atom. The topological polar surface area (TPSA) is 83.7 Å². The van der Waals surface area contributed by atoms with Crippen LogP contribution in [-0.4, -0.2) is 53.7 Å². The van der Waals surface area contributed by atoms with Crippen LogP contribution in [0, 0.1) is 5.41 Å². The van der Waals surface area contributed by atoms with Gasteiger partial charge in [0, 0.05) is 37.3 Å². The molecule has 3 N–H and O–H groups in total. The summed E-state index contributed by atoms with van der Waals surface area (Å²) in [4.78, 5) is 4.50. The van der Waals surface area contributed by atoms with E-state index in [-0.39, 0.29) is 35.9 Å². The van der Waals surface area contributed by atoms with Crippen molar-refractivity contribution in [2.75, 3.05) is 32.8 Å². The van der Waals surface area contributed by atoms with E-state index in [2.05, 4.69) is 27.6 Å². The van der Waals surface area contributed by atoms with Gasteiger partial charge in [0.1, 0.15) is 5.60 Å². The minimum atomic E-state index is -1.04. The Kier molecular flexibility index (Phi) is 7.28. The maximum absolute atomic E-state index is 10.6. The zero-order valence-corrected chi connectivity index (χ0v) is 16.6. The van der Waals surface area contributed by atoms with E-state index >= 15 is 0 Å². The summed E-state index contributed by atoms with van der Waals surface area (Å²) in [5, 5.41) is 21.2. The van der Waals surface area contributed by atoms with Crippen LogP contribution in [0.25, 0.3) is 0 Å². The standard InChI is InChI=1S/C15H27N5O2.HI/c1-5-16-13(17-8-14(2)10-22-11-14)18-9-15(3,21)12-6-19-20(4)7-12;/h6-7,21H,5,8-11H2,1-4H3,(H2,16,17,18);1H. The van der Waals surface area contributed by atoms with Crippen LogP contribution in [0.5, 0.6) is 0 Å². The summed E-state index contributed by atoms with van der Waals surface area (Å²) >= 11 is 0. The molecule has 1 unspecified atom stereocenters. The average Bonchev–Trinajstić information content (AvgIpc) is 2.87. The Morgan fingerprint density at radius 1 is 1.52 bits per heavy atom. The summed E-state index contributed by atoms with van der Waals surface area (Å²) in [6.07, 6.45) is 3.48. The molecule has 132 valence electrons. The quantitative estimate of drug-likeness (QED) is 0.349. The van der Waals surface area contributed by atoms with E-state index in [0.29, 0.717) is 5.96 Å². The van der Waals surface area contributed by atoms with Crippen molar-refractivity contribution in [3.05, 3.63) is 18.0 Å². The Bertz CT molecular complexity index is 526. The molecule has 1 fully saturated rings. The van der Waals surface area contributed by atoms with E-state index < -0.39 is 5.60 Å². The van der Waals surface area contributed by atoms with E-state index in [1.165, 1.54) is 0 Å². The lowest BCUT2D eigenvalue weighted by atomic mass is 9.89. The first-order chi connectivity index (χ1) is 10.3. The highest BCUT2D eigenvalue weighted by Crippen LogP contribution is 2.25. The summed E-state index contributed by atoms with van der Waals surface area (Å²) in [6, 6.07) is 0. The number of halogens is 1. The fourth-order valence-electron chi connectivity index (χ4n) is 2.22. The van der Waals surface area contributed by atoms with Gasteiger partial charge in [-0.3, -0.25) is 4.68 Å². The number of aromatic nitrogens is 2. The molecule has 7 nitrogen and oxygen atoms in total. The number of aryl methyl sites for hydroxylation is 1. The number of rotatable bonds is 6. The molecule has 1 aliphatic rings. The number of guanidine groups is 1. The lowest BCUT2D eigenvalue weighted by Crippen LogP contribution is -2.51. The first-order valence-corrected chi connectivity index (χ1v) is 7.66. The Balaban J connectivity index is 0.00000264. The SMILES string of the molecule is CCNC(=NCC(C)(O)c1cnn(C)c1)NCC1(C)COC1.I. The second-order valence-corrected chi connectivity index (χ2v) is 6.53. The third-order valence-corrected chi connectivity index (χ3v) is 3.80. The van der Waals surface area contributed by atoms with E-state index in [4.69, 9.17) is 4.74 Å². The summed E-state index contributed by atoms with van der Waals surface area (Å²) in [5.41, 5.74) is -0.115. The number of hydrogen-bond donors (Lipinski definition) is 3. The van der Waals surface area contributed by atoms with Gasteiger partial charge < -0.3 is 20.5 Å². The predicted octanol–water partition coefficient (Wildman–Crippen LogP) is 0.837. The molecule has 0 saturated carbocycles. The number of hydrogen-bond acceptors (Lipinski definition) is 4. The van der Waals surface area contributed by atoms with Crippen LogP contribution in [0.15, 0.2) is 17.4 Å². The van der Waals surface area contributed by atoms with Crippen molar-refractivity contribution >= 4 is 29.9 Å². The third-order valence-electron chi connectivity index (χ3n) is 3.80. The molecule has 1 aromatic heterocycles. The highest BCUT2D eigenvalue weighted by atomic mass is 127. The molecule has 0 aromatic carbocycles. The molecule has 0 spiro atoms. The van der Waals surface area contributed by atoms with Crippen molar-refractivity contribution < 1.29 is 9.84 Å². The van der Waals surface area contributed by atoms with Crippen LogP contribution in [0.2, 0.25) is 0 Å². The molecule has 1 aliphatic heterocycles. The van der Waals surface area contributed by atoms with E-state index in [1.54, 1.807) is 17.8 Å². The van der Waals surface area contributed by atoms with Crippen LogP contribution < -0.4 is 10.6 Å². The molecule has 2 heterocycles. The molecule has 8 heteroatoms. The highest BCUT2D eigenvalue weighted by molar-refractivity contribution is 14.0. The first kappa shape index (κ1) is 20.2. The van der Waals surface area contributed by atoms with Gasteiger partial charge in [-0.1, -0.05) is 6.92 Å². The molecular weight excluding hydrogens is 409 g/mol. The number of aliphatic imine (C=N–C) groups is 1. The minimum Gasteiger partial charge on any atom is -0.383 e. The molecule has 0 aliphatic carbocycles. The van der Waals surface area contributed by atoms with Gasteiger partial charge in [0.25, 0.3) is 0 Å². The summed E-state index contributed by atoms with van der Waals surface area (Å²) in [5.74, 6) is 0.708. The van der Waals surface area contributed by atoms with Gasteiger partial charge in [0.2, 0.25) is 0 Å². The molecule has 1 aromatic rings. The first-order valence-electron chi connectivity index (χ1n) is 7.66. The van der Waals surface area contributed by atoms with E-state index in [1.807, 2.05) is 20.2 Å². The fraction of sp³-hybridized carbons (Fsp3) is 0.733. The van der Waals surface area contributed by atoms with Crippen LogP contribution in [0.3, 0.4) is 0 Å². The largest absolute Gasteiger partial charge is 0.383 e. The van der Waals surface area contributed by atoms with Gasteiger partial charge >= 0.3 is 0 Å². The van der Waals surface area contributed by atoms with Crippen LogP contribution in [0.4, 0.5) is 0 Å². The normalized spacial score (nSPS) is 19.3. The number of aliphatic hydroxyl groups is 1. The van der Waals surface area contributed by atoms with Gasteiger partial charge in [-0.05, 0) is 13.8 Å². The monoisotopic (exact) mass is 437 g/mol. The van der Waals surface area contributed by atoms with Crippen molar-refractivity contribution in [3.8, 4) is 0 Å². The van der Waals surface area contributed by atoms with Gasteiger partial charge in [0.15, 0.2) is 5.96 Å². The predicted molar refractivity (Wildman–Crippen MR) is 101 cm³/mol. The number of ether oxygens (including phenoxy) is 1. The summed E-state index contributed by atoms with van der Waals surface area (Å²) in [7, 11) is 1.83.